The minimum absolute atomic E-state index is 0.00663. The number of rotatable bonds is 24. The Bertz CT molecular complexity index is 1510. The highest BCUT2D eigenvalue weighted by Gasteiger charge is 2.33. The molecule has 0 radical (unpaired) electrons. The molecule has 0 spiro atoms. The second-order valence-corrected chi connectivity index (χ2v) is 15.2. The molecule has 1 aliphatic heterocycles. The van der Waals surface area contributed by atoms with E-state index in [1.807, 2.05) is 4.90 Å². The van der Waals surface area contributed by atoms with Crippen molar-refractivity contribution in [2.24, 2.45) is 0 Å². The van der Waals surface area contributed by atoms with Crippen LogP contribution in [0.25, 0.3) is 0 Å². The highest BCUT2D eigenvalue weighted by atomic mass is 32.2. The van der Waals surface area contributed by atoms with Crippen LogP contribution in [0.2, 0.25) is 0 Å². The fourth-order valence-electron chi connectivity index (χ4n) is 6.56. The predicted molar refractivity (Wildman–Crippen MR) is 198 cm³/mol. The van der Waals surface area contributed by atoms with Crippen molar-refractivity contribution < 1.29 is 72.6 Å². The van der Waals surface area contributed by atoms with Crippen LogP contribution in [0.5, 0.6) is 5.75 Å². The topological polar surface area (TPSA) is 292 Å². The summed E-state index contributed by atoms with van der Waals surface area (Å²) < 4.78 is 33.8. The highest BCUT2D eigenvalue weighted by molar-refractivity contribution is 7.89. The molecule has 1 fully saturated rings. The van der Waals surface area contributed by atoms with Crippen LogP contribution in [0.3, 0.4) is 0 Å². The van der Waals surface area contributed by atoms with Crippen LogP contribution in [-0.2, 0) is 38.8 Å². The Morgan fingerprint density at radius 1 is 0.607 bits per heavy atom. The number of carbonyl (C=O) groups is 6. The molecule has 3 atom stereocenters. The molecule has 1 heterocycles. The first-order valence-corrected chi connectivity index (χ1v) is 19.9. The van der Waals surface area contributed by atoms with E-state index in [1.54, 1.807) is 14.7 Å². The van der Waals surface area contributed by atoms with E-state index in [-0.39, 0.29) is 128 Å². The molecule has 1 aromatic rings. The molecule has 21 heteroatoms. The van der Waals surface area contributed by atoms with Gasteiger partial charge in [-0.2, -0.15) is 0 Å². The molecule has 0 amide bonds. The number of nitrogens with one attached hydrogen (secondary N) is 1. The molecule has 316 valence electrons. The summed E-state index contributed by atoms with van der Waals surface area (Å²) in [6, 6.07) is 2.22. The van der Waals surface area contributed by atoms with Crippen molar-refractivity contribution in [3.8, 4) is 5.75 Å². The minimum atomic E-state index is -3.96. The van der Waals surface area contributed by atoms with E-state index >= 15 is 0 Å². The van der Waals surface area contributed by atoms with Gasteiger partial charge in [-0.25, -0.2) is 13.1 Å². The van der Waals surface area contributed by atoms with E-state index in [0.717, 1.165) is 0 Å². The molecule has 3 unspecified atom stereocenters. The van der Waals surface area contributed by atoms with Gasteiger partial charge in [0.2, 0.25) is 10.0 Å². The Balaban J connectivity index is 2.49. The number of nitrogens with zero attached hydrogens (tertiary/aromatic N) is 4. The Hall–Kier alpha value is -4.41. The lowest BCUT2D eigenvalue weighted by atomic mass is 10.1. The molecule has 0 saturated carbocycles. The molecule has 7 N–H and O–H groups in total. The number of ether oxygens (including phenoxy) is 1. The standard InChI is InChI=1S/C35H55N5O15S/c1-55-25-11-13-26(14-12-25)56(53,54)36-15-16-37-17-19-38(27(33(47)48)5-2-8-30(41)42)21-23-40(29(35(51)52)7-4-10-32(45)46)24-22-39(20-18-37)28(34(49)50)6-3-9-31(43)44/h11-14,27-29,36H,2-10,15-24H2,1H3,(H,41,42)(H,43,44)(H,45,46)(H,47,48)(H,49,50)(H,51,52). The second kappa shape index (κ2) is 24.3. The van der Waals surface area contributed by atoms with Gasteiger partial charge in [-0.3, -0.25) is 48.4 Å². The predicted octanol–water partition coefficient (Wildman–Crippen LogP) is 0.319. The Morgan fingerprint density at radius 3 is 1.25 bits per heavy atom. The van der Waals surface area contributed by atoms with Crippen molar-refractivity contribution in [2.45, 2.75) is 80.8 Å². The molecule has 20 nitrogen and oxygen atoms in total. The van der Waals surface area contributed by atoms with Crippen LogP contribution in [0.4, 0.5) is 0 Å². The lowest BCUT2D eigenvalue weighted by Gasteiger charge is -2.39. The monoisotopic (exact) mass is 817 g/mol. The second-order valence-electron chi connectivity index (χ2n) is 13.4. The normalized spacial score (nSPS) is 17.4. The zero-order valence-corrected chi connectivity index (χ0v) is 32.3. The van der Waals surface area contributed by atoms with Gasteiger partial charge in [-0.1, -0.05) is 0 Å². The van der Waals surface area contributed by atoms with Gasteiger partial charge in [0.05, 0.1) is 12.0 Å². The molecule has 1 saturated heterocycles. The van der Waals surface area contributed by atoms with E-state index < -0.39 is 64.0 Å². The fourth-order valence-corrected chi connectivity index (χ4v) is 7.58. The summed E-state index contributed by atoms with van der Waals surface area (Å²) in [5.74, 6) is -6.56. The molecule has 0 aliphatic carbocycles. The third-order valence-corrected chi connectivity index (χ3v) is 11.1. The van der Waals surface area contributed by atoms with Gasteiger partial charge in [0.1, 0.15) is 23.9 Å². The van der Waals surface area contributed by atoms with E-state index in [1.165, 1.54) is 31.4 Å². The van der Waals surface area contributed by atoms with Gasteiger partial charge in [0.15, 0.2) is 0 Å². The maximum absolute atomic E-state index is 13.1. The van der Waals surface area contributed by atoms with Crippen molar-refractivity contribution in [1.29, 1.82) is 0 Å². The summed E-state index contributed by atoms with van der Waals surface area (Å²) in [6.45, 7) is 0.399. The maximum atomic E-state index is 13.1. The van der Waals surface area contributed by atoms with Crippen molar-refractivity contribution >= 4 is 45.8 Å². The van der Waals surface area contributed by atoms with Gasteiger partial charge in [-0.15, -0.1) is 0 Å². The van der Waals surface area contributed by atoms with Crippen LogP contribution in [0, 0.1) is 0 Å². The lowest BCUT2D eigenvalue weighted by molar-refractivity contribution is -0.147. The largest absolute Gasteiger partial charge is 0.497 e. The van der Waals surface area contributed by atoms with Crippen LogP contribution in [0.1, 0.15) is 57.8 Å². The lowest BCUT2D eigenvalue weighted by Crippen LogP contribution is -2.55. The first kappa shape index (κ1) is 47.7. The van der Waals surface area contributed by atoms with Gasteiger partial charge < -0.3 is 35.4 Å². The fraction of sp³-hybridized carbons (Fsp3) is 0.657. The third kappa shape index (κ3) is 17.2. The minimum Gasteiger partial charge on any atom is -0.497 e. The molecule has 2 rings (SSSR count). The SMILES string of the molecule is COc1ccc(S(=O)(=O)NCCN2CCN(C(CCCC(=O)O)C(=O)O)CCN(C(CCCC(=O)O)C(=O)O)CCN(C(CCCC(=O)O)C(=O)O)CC2)cc1. The molecular weight excluding hydrogens is 762 g/mol. The highest BCUT2D eigenvalue weighted by Crippen LogP contribution is 2.18. The quantitative estimate of drug-likeness (QED) is 0.0739. The smallest absolute Gasteiger partial charge is 0.320 e. The molecular formula is C35H55N5O15S. The third-order valence-electron chi connectivity index (χ3n) is 9.63. The zero-order chi connectivity index (χ0) is 41.8. The number of carboxylic acids is 6. The zero-order valence-electron chi connectivity index (χ0n) is 31.5. The van der Waals surface area contributed by atoms with Gasteiger partial charge in [0.25, 0.3) is 0 Å². The molecule has 0 aromatic heterocycles. The van der Waals surface area contributed by atoms with Crippen LogP contribution in [-0.4, -0.2) is 185 Å². The number of aliphatic carboxylic acids is 6. The van der Waals surface area contributed by atoms with Crippen LogP contribution >= 0.6 is 0 Å². The maximum Gasteiger partial charge on any atom is 0.320 e. The molecule has 1 aromatic carbocycles. The van der Waals surface area contributed by atoms with E-state index in [0.29, 0.717) is 5.75 Å². The Labute approximate surface area is 325 Å². The average molecular weight is 818 g/mol. The van der Waals surface area contributed by atoms with Crippen molar-refractivity contribution in [2.75, 3.05) is 72.6 Å². The van der Waals surface area contributed by atoms with E-state index in [9.17, 15) is 67.8 Å². The number of methoxy groups -OCH3 is 1. The molecule has 0 bridgehead atoms. The Morgan fingerprint density at radius 2 is 0.946 bits per heavy atom. The number of carboxylic acid groups (broad SMARTS) is 6. The number of benzene rings is 1. The van der Waals surface area contributed by atoms with Crippen molar-refractivity contribution in [3.63, 3.8) is 0 Å². The van der Waals surface area contributed by atoms with E-state index in [2.05, 4.69) is 4.72 Å². The van der Waals surface area contributed by atoms with Gasteiger partial charge in [0, 0.05) is 84.7 Å². The number of hydrogen-bond acceptors (Lipinski definition) is 13. The summed E-state index contributed by atoms with van der Waals surface area (Å²) in [6.07, 6.45) is -0.866. The van der Waals surface area contributed by atoms with Crippen molar-refractivity contribution in [3.05, 3.63) is 24.3 Å². The first-order valence-electron chi connectivity index (χ1n) is 18.4. The molecule has 1 aliphatic rings. The number of hydrogen-bond donors (Lipinski definition) is 7. The summed E-state index contributed by atoms with van der Waals surface area (Å²) in [5, 5.41) is 58.3. The summed E-state index contributed by atoms with van der Waals surface area (Å²) >= 11 is 0. The molecule has 56 heavy (non-hydrogen) atoms. The van der Waals surface area contributed by atoms with Crippen molar-refractivity contribution in [1.82, 2.24) is 24.3 Å². The van der Waals surface area contributed by atoms with Crippen LogP contribution in [0.15, 0.2) is 29.2 Å². The Kier molecular flexibility index (Phi) is 20.7. The van der Waals surface area contributed by atoms with E-state index in [4.69, 9.17) is 4.74 Å². The van der Waals surface area contributed by atoms with Crippen LogP contribution < -0.4 is 9.46 Å². The first-order chi connectivity index (χ1) is 26.4. The summed E-state index contributed by atoms with van der Waals surface area (Å²) in [7, 11) is -2.51. The number of sulfonamides is 1. The van der Waals surface area contributed by atoms with Gasteiger partial charge >= 0.3 is 35.8 Å². The summed E-state index contributed by atoms with van der Waals surface area (Å²) in [5.41, 5.74) is 0. The van der Waals surface area contributed by atoms with Gasteiger partial charge in [-0.05, 0) is 62.8 Å². The summed E-state index contributed by atoms with van der Waals surface area (Å²) in [4.78, 5) is 78.0. The average Bonchev–Trinajstić information content (AvgIpc) is 3.11.